The van der Waals surface area contributed by atoms with Gasteiger partial charge < -0.3 is 14.2 Å². The molecule has 0 saturated heterocycles. The predicted octanol–water partition coefficient (Wildman–Crippen LogP) is 1.56. The molecule has 0 radical (unpaired) electrons. The topological polar surface area (TPSA) is 61.8 Å². The molecule has 1 aromatic rings. The van der Waals surface area contributed by atoms with Gasteiger partial charge in [0.2, 0.25) is 0 Å². The lowest BCUT2D eigenvalue weighted by atomic mass is 10.3. The van der Waals surface area contributed by atoms with Crippen LogP contribution in [0.25, 0.3) is 0 Å². The number of terminal acetylenes is 1. The Balaban J connectivity index is 2.34. The maximum absolute atomic E-state index is 11.4. The van der Waals surface area contributed by atoms with E-state index in [1.54, 1.807) is 31.4 Å². The Kier molecular flexibility index (Phi) is 5.96. The van der Waals surface area contributed by atoms with E-state index in [0.29, 0.717) is 11.5 Å². The van der Waals surface area contributed by atoms with Gasteiger partial charge in [0.1, 0.15) is 11.5 Å². The van der Waals surface area contributed by atoms with Gasteiger partial charge in [-0.1, -0.05) is 5.92 Å². The first-order valence-electron chi connectivity index (χ1n) is 5.59. The third kappa shape index (κ3) is 5.59. The van der Waals surface area contributed by atoms with Crippen molar-refractivity contribution in [3.63, 3.8) is 0 Å². The molecule has 0 fully saturated rings. The molecule has 1 aromatic carbocycles. The molecular formula is C14H14O5. The fourth-order valence-electron chi connectivity index (χ4n) is 1.22. The monoisotopic (exact) mass is 262 g/mol. The molecule has 100 valence electrons. The van der Waals surface area contributed by atoms with Crippen LogP contribution in [0.15, 0.2) is 24.3 Å². The Bertz CT molecular complexity index is 470. The molecule has 0 aromatic heterocycles. The van der Waals surface area contributed by atoms with E-state index < -0.39 is 11.9 Å². The van der Waals surface area contributed by atoms with Gasteiger partial charge in [-0.25, -0.2) is 0 Å². The van der Waals surface area contributed by atoms with Crippen LogP contribution in [-0.2, 0) is 14.3 Å². The van der Waals surface area contributed by atoms with E-state index in [-0.39, 0.29) is 19.4 Å². The lowest BCUT2D eigenvalue weighted by Crippen LogP contribution is -2.12. The van der Waals surface area contributed by atoms with Gasteiger partial charge in [0.25, 0.3) is 0 Å². The van der Waals surface area contributed by atoms with Gasteiger partial charge in [-0.2, -0.15) is 0 Å². The van der Waals surface area contributed by atoms with E-state index in [1.807, 2.05) is 0 Å². The Hall–Kier alpha value is -2.48. The fourth-order valence-corrected chi connectivity index (χ4v) is 1.22. The number of ether oxygens (including phenoxy) is 3. The average Bonchev–Trinajstić information content (AvgIpc) is 2.43. The van der Waals surface area contributed by atoms with E-state index in [1.165, 1.54) is 0 Å². The van der Waals surface area contributed by atoms with Crippen LogP contribution in [0, 0.1) is 12.3 Å². The molecule has 0 amide bonds. The van der Waals surface area contributed by atoms with Gasteiger partial charge in [-0.3, -0.25) is 9.59 Å². The molecule has 5 heteroatoms. The van der Waals surface area contributed by atoms with Crippen molar-refractivity contribution in [2.75, 3.05) is 13.7 Å². The van der Waals surface area contributed by atoms with Crippen LogP contribution in [0.1, 0.15) is 12.8 Å². The molecule has 0 aliphatic carbocycles. The summed E-state index contributed by atoms with van der Waals surface area (Å²) >= 11 is 0. The highest BCUT2D eigenvalue weighted by atomic mass is 16.5. The van der Waals surface area contributed by atoms with Crippen molar-refractivity contribution >= 4 is 11.9 Å². The SMILES string of the molecule is C#CCOC(=O)CCC(=O)Oc1ccc(OC)cc1. The Morgan fingerprint density at radius 1 is 1.11 bits per heavy atom. The minimum Gasteiger partial charge on any atom is -0.497 e. The fraction of sp³-hybridized carbons (Fsp3) is 0.286. The molecule has 19 heavy (non-hydrogen) atoms. The van der Waals surface area contributed by atoms with Crippen LogP contribution in [0.2, 0.25) is 0 Å². The summed E-state index contributed by atoms with van der Waals surface area (Å²) in [5, 5.41) is 0. The van der Waals surface area contributed by atoms with Crippen LogP contribution in [-0.4, -0.2) is 25.7 Å². The van der Waals surface area contributed by atoms with Crippen molar-refractivity contribution in [1.82, 2.24) is 0 Å². The Morgan fingerprint density at radius 3 is 2.26 bits per heavy atom. The molecular weight excluding hydrogens is 248 g/mol. The Morgan fingerprint density at radius 2 is 1.68 bits per heavy atom. The van der Waals surface area contributed by atoms with Crippen LogP contribution in [0.3, 0.4) is 0 Å². The van der Waals surface area contributed by atoms with Crippen molar-refractivity contribution in [2.24, 2.45) is 0 Å². The molecule has 0 atom stereocenters. The van der Waals surface area contributed by atoms with Crippen LogP contribution in [0.4, 0.5) is 0 Å². The zero-order valence-electron chi connectivity index (χ0n) is 10.5. The third-order valence-electron chi connectivity index (χ3n) is 2.14. The molecule has 0 heterocycles. The van der Waals surface area contributed by atoms with Crippen molar-refractivity contribution in [1.29, 1.82) is 0 Å². The average molecular weight is 262 g/mol. The minimum absolute atomic E-state index is 0.0589. The van der Waals surface area contributed by atoms with Gasteiger partial charge >= 0.3 is 11.9 Å². The van der Waals surface area contributed by atoms with E-state index in [0.717, 1.165) is 0 Å². The summed E-state index contributed by atoms with van der Waals surface area (Å²) in [5.41, 5.74) is 0. The maximum atomic E-state index is 11.4. The lowest BCUT2D eigenvalue weighted by molar-refractivity contribution is -0.145. The molecule has 0 spiro atoms. The van der Waals surface area contributed by atoms with Gasteiger partial charge in [0.15, 0.2) is 6.61 Å². The smallest absolute Gasteiger partial charge is 0.311 e. The number of methoxy groups -OCH3 is 1. The first-order chi connectivity index (χ1) is 9.15. The van der Waals surface area contributed by atoms with Crippen molar-refractivity contribution in [2.45, 2.75) is 12.8 Å². The summed E-state index contributed by atoms with van der Waals surface area (Å²) in [7, 11) is 1.54. The van der Waals surface area contributed by atoms with Crippen molar-refractivity contribution in [3.8, 4) is 23.8 Å². The van der Waals surface area contributed by atoms with Crippen LogP contribution >= 0.6 is 0 Å². The predicted molar refractivity (Wildman–Crippen MR) is 67.7 cm³/mol. The van der Waals surface area contributed by atoms with E-state index >= 15 is 0 Å². The Labute approximate surface area is 111 Å². The number of hydrogen-bond donors (Lipinski definition) is 0. The summed E-state index contributed by atoms with van der Waals surface area (Å²) in [4.78, 5) is 22.5. The number of carbonyl (C=O) groups is 2. The van der Waals surface area contributed by atoms with Gasteiger partial charge in [-0.15, -0.1) is 6.42 Å². The number of rotatable bonds is 6. The van der Waals surface area contributed by atoms with Gasteiger partial charge in [-0.05, 0) is 24.3 Å². The molecule has 0 saturated carbocycles. The molecule has 0 N–H and O–H groups in total. The molecule has 5 nitrogen and oxygen atoms in total. The highest BCUT2D eigenvalue weighted by Gasteiger charge is 2.09. The zero-order valence-corrected chi connectivity index (χ0v) is 10.5. The van der Waals surface area contributed by atoms with E-state index in [2.05, 4.69) is 10.7 Å². The van der Waals surface area contributed by atoms with E-state index in [9.17, 15) is 9.59 Å². The number of benzene rings is 1. The second-order valence-electron chi connectivity index (χ2n) is 3.51. The largest absolute Gasteiger partial charge is 0.497 e. The first kappa shape index (κ1) is 14.6. The van der Waals surface area contributed by atoms with Crippen molar-refractivity contribution in [3.05, 3.63) is 24.3 Å². The minimum atomic E-state index is -0.523. The maximum Gasteiger partial charge on any atom is 0.311 e. The highest BCUT2D eigenvalue weighted by molar-refractivity contribution is 5.79. The number of hydrogen-bond acceptors (Lipinski definition) is 5. The standard InChI is InChI=1S/C14H14O5/c1-3-10-18-13(15)8-9-14(16)19-12-6-4-11(17-2)5-7-12/h1,4-7H,8-10H2,2H3. The normalized spacial score (nSPS) is 9.26. The summed E-state index contributed by atoms with van der Waals surface area (Å²) in [6, 6.07) is 6.55. The van der Waals surface area contributed by atoms with Gasteiger partial charge in [0, 0.05) is 0 Å². The van der Waals surface area contributed by atoms with Crippen molar-refractivity contribution < 1.29 is 23.8 Å². The molecule has 0 unspecified atom stereocenters. The van der Waals surface area contributed by atoms with Gasteiger partial charge in [0.05, 0.1) is 20.0 Å². The van der Waals surface area contributed by atoms with E-state index in [4.69, 9.17) is 15.9 Å². The molecule has 1 rings (SSSR count). The second-order valence-corrected chi connectivity index (χ2v) is 3.51. The summed E-state index contributed by atoms with van der Waals surface area (Å²) in [5.74, 6) is 2.19. The quantitative estimate of drug-likeness (QED) is 0.442. The third-order valence-corrected chi connectivity index (χ3v) is 2.14. The molecule has 0 aliphatic rings. The second kappa shape index (κ2) is 7.77. The number of esters is 2. The molecule has 0 bridgehead atoms. The van der Waals surface area contributed by atoms with Crippen LogP contribution < -0.4 is 9.47 Å². The summed E-state index contributed by atoms with van der Waals surface area (Å²) in [6.07, 6.45) is 4.81. The summed E-state index contributed by atoms with van der Waals surface area (Å²) in [6.45, 7) is -0.0909. The lowest BCUT2D eigenvalue weighted by Gasteiger charge is -2.05. The first-order valence-corrected chi connectivity index (χ1v) is 5.59. The number of carbonyl (C=O) groups excluding carboxylic acids is 2. The zero-order chi connectivity index (χ0) is 14.1. The highest BCUT2D eigenvalue weighted by Crippen LogP contribution is 2.17. The molecule has 0 aliphatic heterocycles. The van der Waals surface area contributed by atoms with Crippen LogP contribution in [0.5, 0.6) is 11.5 Å². The summed E-state index contributed by atoms with van der Waals surface area (Å²) < 4.78 is 14.6.